The van der Waals surface area contributed by atoms with Crippen LogP contribution in [-0.2, 0) is 4.79 Å². The van der Waals surface area contributed by atoms with Crippen molar-refractivity contribution in [3.63, 3.8) is 0 Å². The van der Waals surface area contributed by atoms with Crippen molar-refractivity contribution in [1.29, 1.82) is 5.26 Å². The van der Waals surface area contributed by atoms with E-state index in [4.69, 9.17) is 10.4 Å². The monoisotopic (exact) mass is 175 g/mol. The molecule has 0 bridgehead atoms. The Balaban J connectivity index is 3.01. The van der Waals surface area contributed by atoms with E-state index in [2.05, 4.69) is 4.98 Å². The molecule has 0 atom stereocenters. The molecule has 4 nitrogen and oxygen atoms in total. The minimum absolute atomic E-state index is 0.278. The Morgan fingerprint density at radius 3 is 2.92 bits per heavy atom. The number of pyridine rings is 1. The SMILES string of the molecule is N#C/C(=C\c1ccc[nH+]c1)C(=O)O. The summed E-state index contributed by atoms with van der Waals surface area (Å²) in [5.41, 5.74) is 0.376. The molecular weight excluding hydrogens is 168 g/mol. The lowest BCUT2D eigenvalue weighted by molar-refractivity contribution is -0.378. The van der Waals surface area contributed by atoms with Gasteiger partial charge < -0.3 is 5.11 Å². The van der Waals surface area contributed by atoms with Crippen molar-refractivity contribution in [1.82, 2.24) is 0 Å². The van der Waals surface area contributed by atoms with Crippen LogP contribution in [0.1, 0.15) is 5.56 Å². The van der Waals surface area contributed by atoms with Crippen LogP contribution in [0.3, 0.4) is 0 Å². The molecule has 0 fully saturated rings. The zero-order valence-electron chi connectivity index (χ0n) is 6.69. The highest BCUT2D eigenvalue weighted by atomic mass is 16.4. The highest BCUT2D eigenvalue weighted by Crippen LogP contribution is 2.02. The van der Waals surface area contributed by atoms with Gasteiger partial charge in [-0.25, -0.2) is 9.78 Å². The first kappa shape index (κ1) is 8.94. The molecular formula is C9H7N2O2+. The summed E-state index contributed by atoms with van der Waals surface area (Å²) in [6.45, 7) is 0. The fraction of sp³-hybridized carbons (Fsp3) is 0. The molecule has 0 unspecified atom stereocenters. The number of aliphatic carboxylic acids is 1. The number of rotatable bonds is 2. The summed E-state index contributed by atoms with van der Waals surface area (Å²) in [4.78, 5) is 13.2. The molecule has 13 heavy (non-hydrogen) atoms. The van der Waals surface area contributed by atoms with Gasteiger partial charge in [0.1, 0.15) is 11.6 Å². The smallest absolute Gasteiger partial charge is 0.346 e. The van der Waals surface area contributed by atoms with E-state index in [9.17, 15) is 4.79 Å². The summed E-state index contributed by atoms with van der Waals surface area (Å²) in [6, 6.07) is 5.03. The average molecular weight is 175 g/mol. The van der Waals surface area contributed by atoms with Gasteiger partial charge in [-0.1, -0.05) is 0 Å². The highest BCUT2D eigenvalue weighted by molar-refractivity contribution is 5.96. The fourth-order valence-electron chi connectivity index (χ4n) is 0.806. The van der Waals surface area contributed by atoms with Crippen molar-refractivity contribution in [2.24, 2.45) is 0 Å². The minimum Gasteiger partial charge on any atom is -0.477 e. The molecule has 1 heterocycles. The molecule has 0 aliphatic rings. The molecule has 1 aromatic rings. The van der Waals surface area contributed by atoms with Crippen LogP contribution in [0.2, 0.25) is 0 Å². The lowest BCUT2D eigenvalue weighted by Gasteiger charge is -1.88. The number of carboxylic acid groups (broad SMARTS) is 1. The lowest BCUT2D eigenvalue weighted by Crippen LogP contribution is -2.01. The van der Waals surface area contributed by atoms with Crippen LogP contribution >= 0.6 is 0 Å². The number of aromatic nitrogens is 1. The molecule has 0 amide bonds. The molecule has 0 saturated carbocycles. The summed E-state index contributed by atoms with van der Waals surface area (Å²) < 4.78 is 0. The molecule has 0 aliphatic carbocycles. The molecule has 0 saturated heterocycles. The molecule has 0 aliphatic heterocycles. The minimum atomic E-state index is -1.22. The Morgan fingerprint density at radius 2 is 2.46 bits per heavy atom. The van der Waals surface area contributed by atoms with Gasteiger partial charge in [-0.15, -0.1) is 0 Å². The van der Waals surface area contributed by atoms with Gasteiger partial charge in [0, 0.05) is 11.6 Å². The van der Waals surface area contributed by atoms with E-state index in [-0.39, 0.29) is 5.57 Å². The van der Waals surface area contributed by atoms with Crippen LogP contribution in [0.25, 0.3) is 6.08 Å². The third-order valence-electron chi connectivity index (χ3n) is 1.39. The number of hydrogen-bond acceptors (Lipinski definition) is 2. The first-order valence-corrected chi connectivity index (χ1v) is 3.55. The zero-order chi connectivity index (χ0) is 9.68. The molecule has 1 aromatic heterocycles. The standard InChI is InChI=1S/C9H6N2O2/c10-5-8(9(12)13)4-7-2-1-3-11-6-7/h1-4,6H,(H,12,13)/p+1/b8-4+. The second kappa shape index (κ2) is 4.02. The number of H-pyrrole nitrogens is 1. The van der Waals surface area contributed by atoms with Crippen LogP contribution in [0.4, 0.5) is 0 Å². The average Bonchev–Trinajstić information content (AvgIpc) is 2.15. The van der Waals surface area contributed by atoms with Crippen molar-refractivity contribution < 1.29 is 14.9 Å². The Kier molecular flexibility index (Phi) is 2.77. The first-order chi connectivity index (χ1) is 6.24. The summed E-state index contributed by atoms with van der Waals surface area (Å²) >= 11 is 0. The molecule has 0 spiro atoms. The van der Waals surface area contributed by atoms with Crippen molar-refractivity contribution in [2.75, 3.05) is 0 Å². The summed E-state index contributed by atoms with van der Waals surface area (Å²) in [5, 5.41) is 17.0. The van der Waals surface area contributed by atoms with Crippen LogP contribution in [0.15, 0.2) is 30.1 Å². The maximum absolute atomic E-state index is 10.4. The zero-order valence-corrected chi connectivity index (χ0v) is 6.69. The molecule has 1 rings (SSSR count). The van der Waals surface area contributed by atoms with E-state index < -0.39 is 5.97 Å². The number of nitrogens with one attached hydrogen (secondary N) is 1. The third kappa shape index (κ3) is 2.42. The van der Waals surface area contributed by atoms with Gasteiger partial charge in [-0.3, -0.25) is 0 Å². The molecule has 0 aromatic carbocycles. The largest absolute Gasteiger partial charge is 0.477 e. The predicted molar refractivity (Wildman–Crippen MR) is 44.2 cm³/mol. The Bertz CT molecular complexity index is 376. The molecule has 64 valence electrons. The maximum Gasteiger partial charge on any atom is 0.346 e. The molecule has 2 N–H and O–H groups in total. The van der Waals surface area contributed by atoms with Gasteiger partial charge in [0.25, 0.3) is 0 Å². The van der Waals surface area contributed by atoms with Crippen molar-refractivity contribution >= 4 is 12.0 Å². The van der Waals surface area contributed by atoms with Gasteiger partial charge >= 0.3 is 5.97 Å². The number of carbonyl (C=O) groups is 1. The van der Waals surface area contributed by atoms with Crippen molar-refractivity contribution in [3.8, 4) is 6.07 Å². The normalized spacial score (nSPS) is 10.5. The third-order valence-corrected chi connectivity index (χ3v) is 1.39. The predicted octanol–water partition coefficient (Wildman–Crippen LogP) is 0.492. The number of nitrogens with zero attached hydrogens (tertiary/aromatic N) is 1. The lowest BCUT2D eigenvalue weighted by atomic mass is 10.2. The summed E-state index contributed by atoms with van der Waals surface area (Å²) in [7, 11) is 0. The Morgan fingerprint density at radius 1 is 1.69 bits per heavy atom. The topological polar surface area (TPSA) is 75.2 Å². The maximum atomic E-state index is 10.4. The molecule has 0 radical (unpaired) electrons. The van der Waals surface area contributed by atoms with Crippen LogP contribution < -0.4 is 4.98 Å². The summed E-state index contributed by atoms with van der Waals surface area (Å²) in [5.74, 6) is -1.22. The van der Waals surface area contributed by atoms with Gasteiger partial charge in [-0.2, -0.15) is 5.26 Å². The van der Waals surface area contributed by atoms with Gasteiger partial charge in [0.2, 0.25) is 0 Å². The fourth-order valence-corrected chi connectivity index (χ4v) is 0.806. The van der Waals surface area contributed by atoms with Crippen LogP contribution in [0.5, 0.6) is 0 Å². The first-order valence-electron chi connectivity index (χ1n) is 3.55. The quantitative estimate of drug-likeness (QED) is 0.525. The number of aromatic amines is 1. The van der Waals surface area contributed by atoms with E-state index >= 15 is 0 Å². The van der Waals surface area contributed by atoms with Crippen molar-refractivity contribution in [3.05, 3.63) is 35.7 Å². The van der Waals surface area contributed by atoms with Crippen molar-refractivity contribution in [2.45, 2.75) is 0 Å². The number of carboxylic acids is 1. The van der Waals surface area contributed by atoms with Gasteiger partial charge in [0.15, 0.2) is 12.4 Å². The van der Waals surface area contributed by atoms with E-state index in [1.807, 2.05) is 0 Å². The van der Waals surface area contributed by atoms with Crippen LogP contribution in [0, 0.1) is 11.3 Å². The van der Waals surface area contributed by atoms with E-state index in [0.29, 0.717) is 5.56 Å². The number of hydrogen-bond donors (Lipinski definition) is 1. The molecule has 4 heteroatoms. The highest BCUT2D eigenvalue weighted by Gasteiger charge is 2.05. The van der Waals surface area contributed by atoms with Gasteiger partial charge in [0.05, 0.1) is 0 Å². The number of nitriles is 1. The Labute approximate surface area is 74.8 Å². The second-order valence-corrected chi connectivity index (χ2v) is 2.31. The van der Waals surface area contributed by atoms with Gasteiger partial charge in [-0.05, 0) is 12.1 Å². The Hall–Kier alpha value is -2.15. The summed E-state index contributed by atoms with van der Waals surface area (Å²) in [6.07, 6.45) is 4.61. The van der Waals surface area contributed by atoms with E-state index in [1.54, 1.807) is 30.6 Å². The van der Waals surface area contributed by atoms with E-state index in [1.165, 1.54) is 6.08 Å². The van der Waals surface area contributed by atoms with E-state index in [0.717, 1.165) is 0 Å². The second-order valence-electron chi connectivity index (χ2n) is 2.31. The van der Waals surface area contributed by atoms with Crippen LogP contribution in [-0.4, -0.2) is 11.1 Å².